The summed E-state index contributed by atoms with van der Waals surface area (Å²) < 4.78 is 53.8. The Labute approximate surface area is 241 Å². The smallest absolute Gasteiger partial charge is 0.230 e. The monoisotopic (exact) mass is 591 g/mol. The Morgan fingerprint density at radius 3 is 2.45 bits per heavy atom. The van der Waals surface area contributed by atoms with Gasteiger partial charge < -0.3 is 10.2 Å². The number of hydrogen-bond acceptors (Lipinski definition) is 8. The van der Waals surface area contributed by atoms with Crippen LogP contribution in [-0.2, 0) is 27.1 Å². The van der Waals surface area contributed by atoms with Crippen LogP contribution in [-0.4, -0.2) is 47.1 Å². The number of anilines is 5. The van der Waals surface area contributed by atoms with E-state index in [9.17, 15) is 22.0 Å². The van der Waals surface area contributed by atoms with E-state index in [1.165, 1.54) is 13.2 Å². The second-order valence-corrected chi connectivity index (χ2v) is 11.9. The zero-order valence-corrected chi connectivity index (χ0v) is 23.8. The number of imidazole rings is 1. The van der Waals surface area contributed by atoms with E-state index in [2.05, 4.69) is 20.3 Å². The fraction of sp³-hybridized carbons (Fsp3) is 0.172. The number of halogens is 2. The van der Waals surface area contributed by atoms with Crippen molar-refractivity contribution in [2.75, 3.05) is 28.4 Å². The second-order valence-electron chi connectivity index (χ2n) is 9.75. The Morgan fingerprint density at radius 1 is 1.00 bits per heavy atom. The summed E-state index contributed by atoms with van der Waals surface area (Å²) >= 11 is 0. The first-order valence-corrected chi connectivity index (χ1v) is 14.8. The molecule has 0 bridgehead atoms. The SMILES string of the molecule is CC(=O)N(c1cc(F)ccc1F)c1nc2ccccc2n1CN(C)c1ccnc(Nc2ccc(CS(C)(=O)=O)cc2)n1. The number of carbonyl (C=O) groups is 1. The molecular weight excluding hydrogens is 564 g/mol. The van der Waals surface area contributed by atoms with Crippen molar-refractivity contribution in [3.8, 4) is 0 Å². The van der Waals surface area contributed by atoms with Crippen molar-refractivity contribution in [1.29, 1.82) is 0 Å². The van der Waals surface area contributed by atoms with Gasteiger partial charge in [0, 0.05) is 38.2 Å². The van der Waals surface area contributed by atoms with Gasteiger partial charge in [-0.1, -0.05) is 24.3 Å². The molecule has 2 heterocycles. The largest absolute Gasteiger partial charge is 0.341 e. The number of carbonyl (C=O) groups excluding carboxylic acids is 1. The Hall–Kier alpha value is -4.91. The van der Waals surface area contributed by atoms with Crippen LogP contribution in [0.15, 0.2) is 79.0 Å². The van der Waals surface area contributed by atoms with Crippen LogP contribution in [0, 0.1) is 11.6 Å². The van der Waals surface area contributed by atoms with Gasteiger partial charge in [0.05, 0.1) is 29.1 Å². The fourth-order valence-electron chi connectivity index (χ4n) is 4.47. The zero-order valence-electron chi connectivity index (χ0n) is 23.0. The molecule has 42 heavy (non-hydrogen) atoms. The number of nitrogens with one attached hydrogen (secondary N) is 1. The van der Waals surface area contributed by atoms with Crippen molar-refractivity contribution in [1.82, 2.24) is 19.5 Å². The standard InChI is InChI=1S/C29H27F2N7O3S/c1-19(39)38(26-16-21(30)10-13-23(26)31)29-34-24-6-4-5-7-25(24)37(29)18-36(2)27-14-15-32-28(35-27)33-22-11-8-20(9-12-22)17-42(3,40)41/h4-16H,17-18H2,1-3H3,(H,32,33,35). The first kappa shape index (κ1) is 28.6. The van der Waals surface area contributed by atoms with Gasteiger partial charge in [0.2, 0.25) is 17.8 Å². The molecule has 1 amide bonds. The molecule has 10 nitrogen and oxygen atoms in total. The van der Waals surface area contributed by atoms with Crippen LogP contribution in [0.2, 0.25) is 0 Å². The number of benzene rings is 3. The van der Waals surface area contributed by atoms with Gasteiger partial charge in [-0.2, -0.15) is 4.98 Å². The van der Waals surface area contributed by atoms with E-state index >= 15 is 0 Å². The summed E-state index contributed by atoms with van der Waals surface area (Å²) in [6.07, 6.45) is 2.76. The van der Waals surface area contributed by atoms with E-state index in [4.69, 9.17) is 0 Å². The van der Waals surface area contributed by atoms with Crippen LogP contribution in [0.1, 0.15) is 12.5 Å². The molecule has 2 aromatic heterocycles. The highest BCUT2D eigenvalue weighted by Gasteiger charge is 2.26. The molecule has 0 aliphatic rings. The topological polar surface area (TPSA) is 113 Å². The minimum absolute atomic E-state index is 0.0537. The Kier molecular flexibility index (Phi) is 7.85. The van der Waals surface area contributed by atoms with Crippen molar-refractivity contribution in [3.63, 3.8) is 0 Å². The molecule has 0 atom stereocenters. The van der Waals surface area contributed by atoms with Gasteiger partial charge in [-0.15, -0.1) is 0 Å². The summed E-state index contributed by atoms with van der Waals surface area (Å²) in [6, 6.07) is 18.7. The molecule has 3 aromatic carbocycles. The summed E-state index contributed by atoms with van der Waals surface area (Å²) in [5, 5.41) is 3.11. The summed E-state index contributed by atoms with van der Waals surface area (Å²) in [5.74, 6) is -1.12. The van der Waals surface area contributed by atoms with Crippen LogP contribution < -0.4 is 15.1 Å². The van der Waals surface area contributed by atoms with E-state index in [-0.39, 0.29) is 24.1 Å². The minimum Gasteiger partial charge on any atom is -0.341 e. The van der Waals surface area contributed by atoms with Gasteiger partial charge in [0.25, 0.3) is 0 Å². The molecule has 5 aromatic rings. The summed E-state index contributed by atoms with van der Waals surface area (Å²) in [4.78, 5) is 29.1. The summed E-state index contributed by atoms with van der Waals surface area (Å²) in [7, 11) is -1.36. The molecule has 216 valence electrons. The number of amides is 1. The van der Waals surface area contributed by atoms with Crippen LogP contribution >= 0.6 is 0 Å². The third kappa shape index (κ3) is 6.36. The van der Waals surface area contributed by atoms with Crippen molar-refractivity contribution in [2.45, 2.75) is 19.3 Å². The van der Waals surface area contributed by atoms with E-state index in [1.807, 2.05) is 12.1 Å². The van der Waals surface area contributed by atoms with E-state index < -0.39 is 27.4 Å². The molecular formula is C29H27F2N7O3S. The Balaban J connectivity index is 1.45. The lowest BCUT2D eigenvalue weighted by Crippen LogP contribution is -2.30. The Morgan fingerprint density at radius 2 is 1.74 bits per heavy atom. The third-order valence-electron chi connectivity index (χ3n) is 6.32. The fourth-order valence-corrected chi connectivity index (χ4v) is 5.27. The predicted octanol–water partition coefficient (Wildman–Crippen LogP) is 5.17. The van der Waals surface area contributed by atoms with E-state index in [0.29, 0.717) is 34.1 Å². The first-order chi connectivity index (χ1) is 20.0. The molecule has 1 N–H and O–H groups in total. The van der Waals surface area contributed by atoms with E-state index in [0.717, 1.165) is 23.1 Å². The quantitative estimate of drug-likeness (QED) is 0.250. The average Bonchev–Trinajstić information content (AvgIpc) is 3.28. The predicted molar refractivity (Wildman–Crippen MR) is 158 cm³/mol. The first-order valence-electron chi connectivity index (χ1n) is 12.8. The summed E-state index contributed by atoms with van der Waals surface area (Å²) in [6.45, 7) is 1.40. The third-order valence-corrected chi connectivity index (χ3v) is 7.18. The molecule has 0 radical (unpaired) electrons. The van der Waals surface area contributed by atoms with Crippen LogP contribution in [0.3, 0.4) is 0 Å². The maximum atomic E-state index is 14.8. The molecule has 0 aliphatic heterocycles. The number of fused-ring (bicyclic) bond motifs is 1. The van der Waals surface area contributed by atoms with E-state index in [1.54, 1.807) is 65.2 Å². The zero-order chi connectivity index (χ0) is 30.0. The van der Waals surface area contributed by atoms with Crippen molar-refractivity contribution < 1.29 is 22.0 Å². The van der Waals surface area contributed by atoms with Gasteiger partial charge >= 0.3 is 0 Å². The molecule has 5 rings (SSSR count). The number of hydrogen-bond donors (Lipinski definition) is 1. The van der Waals surface area contributed by atoms with Crippen LogP contribution in [0.25, 0.3) is 11.0 Å². The van der Waals surface area contributed by atoms with Gasteiger partial charge in [-0.05, 0) is 48.0 Å². The highest BCUT2D eigenvalue weighted by Crippen LogP contribution is 2.32. The summed E-state index contributed by atoms with van der Waals surface area (Å²) in [5.41, 5.74) is 2.32. The molecule has 0 unspecified atom stereocenters. The molecule has 0 saturated carbocycles. The van der Waals surface area contributed by atoms with Crippen LogP contribution in [0.4, 0.5) is 37.9 Å². The van der Waals surface area contributed by atoms with Gasteiger partial charge in [-0.3, -0.25) is 9.36 Å². The molecule has 0 spiro atoms. The van der Waals surface area contributed by atoms with Crippen molar-refractivity contribution >= 4 is 55.9 Å². The van der Waals surface area contributed by atoms with Crippen molar-refractivity contribution in [2.24, 2.45) is 0 Å². The number of aromatic nitrogens is 4. The molecule has 0 aliphatic carbocycles. The lowest BCUT2D eigenvalue weighted by atomic mass is 10.2. The lowest BCUT2D eigenvalue weighted by Gasteiger charge is -2.25. The number of para-hydroxylation sites is 2. The second kappa shape index (κ2) is 11.5. The molecule has 0 saturated heterocycles. The molecule has 13 heteroatoms. The maximum Gasteiger partial charge on any atom is 0.230 e. The van der Waals surface area contributed by atoms with Crippen molar-refractivity contribution in [3.05, 3.63) is 96.2 Å². The average molecular weight is 592 g/mol. The van der Waals surface area contributed by atoms with Gasteiger partial charge in [0.1, 0.15) is 17.5 Å². The number of rotatable bonds is 9. The highest BCUT2D eigenvalue weighted by atomic mass is 32.2. The van der Waals surface area contributed by atoms with Gasteiger partial charge in [0.15, 0.2) is 9.84 Å². The Bertz CT molecular complexity index is 1880. The normalized spacial score (nSPS) is 11.5. The number of nitrogens with zero attached hydrogens (tertiary/aromatic N) is 6. The highest BCUT2D eigenvalue weighted by molar-refractivity contribution is 7.89. The van der Waals surface area contributed by atoms with Gasteiger partial charge in [-0.25, -0.2) is 32.1 Å². The minimum atomic E-state index is -3.15. The lowest BCUT2D eigenvalue weighted by molar-refractivity contribution is -0.116. The van der Waals surface area contributed by atoms with Crippen LogP contribution in [0.5, 0.6) is 0 Å². The molecule has 0 fully saturated rings. The number of sulfone groups is 1. The maximum absolute atomic E-state index is 14.8.